The minimum atomic E-state index is -2.59. The third kappa shape index (κ3) is 4.34. The largest absolute Gasteiger partial charge is 0.479 e. The molecule has 2 N–H and O–H groups in total. The van der Waals surface area contributed by atoms with Crippen molar-refractivity contribution >= 4 is 22.5 Å². The molecule has 0 radical (unpaired) electrons. The molecule has 2 fully saturated rings. The highest BCUT2D eigenvalue weighted by Gasteiger charge is 2.41. The number of hydrogen-bond acceptors (Lipinski definition) is 7. The summed E-state index contributed by atoms with van der Waals surface area (Å²) in [5.41, 5.74) is 4.61. The number of alkyl halides is 2. The Morgan fingerprint density at radius 3 is 2.76 bits per heavy atom. The van der Waals surface area contributed by atoms with Crippen molar-refractivity contribution in [2.45, 2.75) is 64.1 Å². The first-order chi connectivity index (χ1) is 17.7. The van der Waals surface area contributed by atoms with Gasteiger partial charge in [-0.1, -0.05) is 16.9 Å². The molecule has 1 aromatic carbocycles. The van der Waals surface area contributed by atoms with E-state index >= 15 is 4.39 Å². The Kier molecular flexibility index (Phi) is 5.50. The van der Waals surface area contributed by atoms with Crippen LogP contribution in [0.4, 0.5) is 19.1 Å². The highest BCUT2D eigenvalue weighted by molar-refractivity contribution is 5.89. The first-order valence-electron chi connectivity index (χ1n) is 12.2. The summed E-state index contributed by atoms with van der Waals surface area (Å²) in [6.45, 7) is 3.73. The number of methoxy groups -OCH3 is 1. The maximum atomic E-state index is 15.3. The minimum absolute atomic E-state index is 0.0165. The van der Waals surface area contributed by atoms with Gasteiger partial charge in [-0.15, -0.1) is 10.2 Å². The maximum Gasteiger partial charge on any atom is 0.258 e. The van der Waals surface area contributed by atoms with Crippen LogP contribution in [-0.4, -0.2) is 54.7 Å². The van der Waals surface area contributed by atoms with Gasteiger partial charge in [0.15, 0.2) is 5.82 Å². The number of nitrogens with zero attached hydrogens (tertiary/aromatic N) is 6. The van der Waals surface area contributed by atoms with Gasteiger partial charge in [0.25, 0.3) is 6.43 Å². The second-order valence-electron chi connectivity index (χ2n) is 10.1. The van der Waals surface area contributed by atoms with Gasteiger partial charge in [-0.2, -0.15) is 4.98 Å². The Morgan fingerprint density at radius 2 is 2.05 bits per heavy atom. The molecule has 2 saturated carbocycles. The molecular weight excluding hydrogens is 485 g/mol. The second kappa shape index (κ2) is 8.63. The lowest BCUT2D eigenvalue weighted by Crippen LogP contribution is -2.57. The van der Waals surface area contributed by atoms with Crippen molar-refractivity contribution in [3.8, 4) is 17.0 Å². The molecule has 9 nitrogen and oxygen atoms in total. The number of halogens is 3. The number of anilines is 1. The Labute approximate surface area is 210 Å². The third-order valence-corrected chi connectivity index (χ3v) is 7.11. The zero-order chi connectivity index (χ0) is 25.9. The molecule has 0 atom stereocenters. The van der Waals surface area contributed by atoms with Crippen LogP contribution in [0.3, 0.4) is 0 Å². The molecule has 12 heteroatoms. The summed E-state index contributed by atoms with van der Waals surface area (Å²) < 4.78 is 49.2. The number of ether oxygens (including phenoxy) is 1. The number of nitrogens with one attached hydrogen (secondary N) is 2. The Balaban J connectivity index is 1.29. The number of hydrogen-bond donors (Lipinski definition) is 2. The summed E-state index contributed by atoms with van der Waals surface area (Å²) in [7, 11) is 1.46. The van der Waals surface area contributed by atoms with Gasteiger partial charge in [-0.05, 0) is 57.2 Å². The normalized spacial score (nSPS) is 20.9. The van der Waals surface area contributed by atoms with Gasteiger partial charge in [0.2, 0.25) is 11.8 Å². The van der Waals surface area contributed by atoms with E-state index in [-0.39, 0.29) is 23.0 Å². The SMILES string of the molecule is COc1nc(NC2CC(C)(NC(C)=C3CC3)C2)nn2cc(F)c(-c3ccc4nnn(CC(F)F)c4c3)c12. The molecule has 4 aromatic rings. The van der Waals surface area contributed by atoms with E-state index in [4.69, 9.17) is 4.74 Å². The molecule has 194 valence electrons. The van der Waals surface area contributed by atoms with E-state index < -0.39 is 18.8 Å². The lowest BCUT2D eigenvalue weighted by atomic mass is 9.74. The molecule has 0 unspecified atom stereocenters. The van der Waals surface area contributed by atoms with Crippen LogP contribution in [0.5, 0.6) is 5.88 Å². The van der Waals surface area contributed by atoms with Crippen LogP contribution in [0.2, 0.25) is 0 Å². The van der Waals surface area contributed by atoms with E-state index in [0.717, 1.165) is 17.5 Å². The first-order valence-corrected chi connectivity index (χ1v) is 12.2. The Morgan fingerprint density at radius 1 is 1.27 bits per heavy atom. The monoisotopic (exact) mass is 512 g/mol. The lowest BCUT2D eigenvalue weighted by Gasteiger charge is -2.46. The molecule has 6 rings (SSSR count). The van der Waals surface area contributed by atoms with Crippen molar-refractivity contribution in [2.75, 3.05) is 12.4 Å². The fraction of sp³-hybridized carbons (Fsp3) is 0.440. The number of fused-ring (bicyclic) bond motifs is 2. The topological polar surface area (TPSA) is 94.2 Å². The highest BCUT2D eigenvalue weighted by Crippen LogP contribution is 2.39. The third-order valence-electron chi connectivity index (χ3n) is 7.11. The van der Waals surface area contributed by atoms with E-state index in [1.165, 1.54) is 41.9 Å². The van der Waals surface area contributed by atoms with E-state index in [9.17, 15) is 8.78 Å². The zero-order valence-corrected chi connectivity index (χ0v) is 20.7. The number of aromatic nitrogens is 6. The fourth-order valence-electron chi connectivity index (χ4n) is 5.28. The molecule has 0 spiro atoms. The molecule has 0 saturated heterocycles. The molecule has 0 bridgehead atoms. The second-order valence-corrected chi connectivity index (χ2v) is 10.1. The average molecular weight is 513 g/mol. The molecule has 3 heterocycles. The zero-order valence-electron chi connectivity index (χ0n) is 20.7. The lowest BCUT2D eigenvalue weighted by molar-refractivity contribution is 0.122. The summed E-state index contributed by atoms with van der Waals surface area (Å²) in [5, 5.41) is 19.2. The minimum Gasteiger partial charge on any atom is -0.479 e. The highest BCUT2D eigenvalue weighted by atomic mass is 19.3. The summed E-state index contributed by atoms with van der Waals surface area (Å²) in [4.78, 5) is 4.51. The van der Waals surface area contributed by atoms with Crippen LogP contribution >= 0.6 is 0 Å². The van der Waals surface area contributed by atoms with Crippen LogP contribution in [0, 0.1) is 5.82 Å². The van der Waals surface area contributed by atoms with Crippen molar-refractivity contribution in [3.63, 3.8) is 0 Å². The number of benzene rings is 1. The van der Waals surface area contributed by atoms with Crippen LogP contribution < -0.4 is 15.4 Å². The summed E-state index contributed by atoms with van der Waals surface area (Å²) in [5.74, 6) is -0.00361. The molecule has 3 aromatic heterocycles. The Hall–Kier alpha value is -3.83. The van der Waals surface area contributed by atoms with Crippen molar-refractivity contribution in [1.29, 1.82) is 0 Å². The van der Waals surface area contributed by atoms with E-state index in [0.29, 0.717) is 28.1 Å². The summed E-state index contributed by atoms with van der Waals surface area (Å²) >= 11 is 0. The predicted octanol–water partition coefficient (Wildman–Crippen LogP) is 4.54. The van der Waals surface area contributed by atoms with Crippen LogP contribution in [0.25, 0.3) is 27.7 Å². The predicted molar refractivity (Wildman–Crippen MR) is 132 cm³/mol. The summed E-state index contributed by atoms with van der Waals surface area (Å²) in [6, 6.07) is 5.04. The molecule has 0 aliphatic heterocycles. The van der Waals surface area contributed by atoms with E-state index in [1.807, 2.05) is 0 Å². The van der Waals surface area contributed by atoms with E-state index in [1.54, 1.807) is 18.2 Å². The smallest absolute Gasteiger partial charge is 0.258 e. The molecular formula is C25H27F3N8O. The van der Waals surface area contributed by atoms with Crippen LogP contribution in [0.1, 0.15) is 39.5 Å². The van der Waals surface area contributed by atoms with Crippen molar-refractivity contribution in [3.05, 3.63) is 41.5 Å². The first kappa shape index (κ1) is 23.6. The molecule has 2 aliphatic carbocycles. The summed E-state index contributed by atoms with van der Waals surface area (Å²) in [6.07, 6.45) is 2.83. The van der Waals surface area contributed by atoms with Crippen LogP contribution in [0.15, 0.2) is 35.7 Å². The quantitative estimate of drug-likeness (QED) is 0.358. The van der Waals surface area contributed by atoms with Gasteiger partial charge in [0, 0.05) is 17.3 Å². The molecule has 0 amide bonds. The van der Waals surface area contributed by atoms with Gasteiger partial charge in [0.1, 0.15) is 17.6 Å². The fourth-order valence-corrected chi connectivity index (χ4v) is 5.28. The van der Waals surface area contributed by atoms with Gasteiger partial charge in [0.05, 0.1) is 24.4 Å². The Bertz CT molecular complexity index is 1530. The van der Waals surface area contributed by atoms with Gasteiger partial charge in [-0.3, -0.25) is 0 Å². The van der Waals surface area contributed by atoms with Crippen molar-refractivity contribution < 1.29 is 17.9 Å². The van der Waals surface area contributed by atoms with Gasteiger partial charge < -0.3 is 15.4 Å². The van der Waals surface area contributed by atoms with Gasteiger partial charge >= 0.3 is 0 Å². The number of rotatable bonds is 8. The standard InChI is InChI=1S/C25H27F3N8O/c1-13(14-4-5-14)31-25(2)9-16(10-25)29-24-30-23(37-3)22-21(17(26)11-36(22)33-24)15-6-7-18-19(8-15)35(34-32-18)12-20(27)28/h6-8,11,16,20,31H,4-5,9-10,12H2,1-3H3,(H,29,33). The van der Waals surface area contributed by atoms with E-state index in [2.05, 4.69) is 44.9 Å². The maximum absolute atomic E-state index is 15.3. The number of allylic oxidation sites excluding steroid dienone is 2. The molecule has 37 heavy (non-hydrogen) atoms. The van der Waals surface area contributed by atoms with Crippen molar-refractivity contribution in [1.82, 2.24) is 34.9 Å². The van der Waals surface area contributed by atoms with Crippen molar-refractivity contribution in [2.24, 2.45) is 0 Å². The molecule has 2 aliphatic rings. The van der Waals surface area contributed by atoms with Crippen LogP contribution in [-0.2, 0) is 6.54 Å². The van der Waals surface area contributed by atoms with Gasteiger partial charge in [-0.25, -0.2) is 22.4 Å². The average Bonchev–Trinajstić information content (AvgIpc) is 3.54.